The molecule has 0 radical (unpaired) electrons. The summed E-state index contributed by atoms with van der Waals surface area (Å²) in [6.45, 7) is 9.01. The maximum absolute atomic E-state index is 12.5. The van der Waals surface area contributed by atoms with E-state index in [1.54, 1.807) is 13.2 Å². The summed E-state index contributed by atoms with van der Waals surface area (Å²) >= 11 is 0. The van der Waals surface area contributed by atoms with Gasteiger partial charge in [-0.25, -0.2) is 0 Å². The van der Waals surface area contributed by atoms with E-state index < -0.39 is 0 Å². The Morgan fingerprint density at radius 1 is 1.17 bits per heavy atom. The number of piperidine rings is 2. The van der Waals surface area contributed by atoms with Crippen molar-refractivity contribution in [2.24, 2.45) is 11.8 Å². The van der Waals surface area contributed by atoms with E-state index >= 15 is 0 Å². The van der Waals surface area contributed by atoms with Crippen molar-refractivity contribution in [2.75, 3.05) is 46.4 Å². The molecule has 2 unspecified atom stereocenters. The lowest BCUT2D eigenvalue weighted by Crippen LogP contribution is -2.42. The molecule has 6 heteroatoms. The standard InChI is InChI=1S/C24H39N3O3/c1-3-19-17-27(18-21-7-8-22(30-2)16-23(21)28)13-9-20(19)15-24(29)25-10-14-26-11-5-4-6-12-26/h7-8,16,19-20,28H,3-6,9-15,17-18H2,1-2H3,(H,25,29). The second-order valence-corrected chi connectivity index (χ2v) is 8.90. The molecule has 2 aliphatic heterocycles. The molecule has 168 valence electrons. The van der Waals surface area contributed by atoms with Gasteiger partial charge in [0.25, 0.3) is 0 Å². The number of phenols is 1. The maximum atomic E-state index is 12.5. The first-order chi connectivity index (χ1) is 14.6. The topological polar surface area (TPSA) is 65.0 Å². The number of hydrogen-bond acceptors (Lipinski definition) is 5. The normalized spacial score (nSPS) is 23.3. The molecule has 6 nitrogen and oxygen atoms in total. The summed E-state index contributed by atoms with van der Waals surface area (Å²) in [7, 11) is 1.61. The number of phenolic OH excluding ortho intramolecular Hbond substituents is 1. The molecule has 2 saturated heterocycles. The van der Waals surface area contributed by atoms with Crippen molar-refractivity contribution < 1.29 is 14.6 Å². The number of methoxy groups -OCH3 is 1. The van der Waals surface area contributed by atoms with Crippen molar-refractivity contribution in [3.63, 3.8) is 0 Å². The zero-order valence-corrected chi connectivity index (χ0v) is 18.7. The lowest BCUT2D eigenvalue weighted by Gasteiger charge is -2.38. The molecule has 2 fully saturated rings. The molecule has 0 aromatic heterocycles. The van der Waals surface area contributed by atoms with Gasteiger partial charge in [0, 0.05) is 44.2 Å². The van der Waals surface area contributed by atoms with Gasteiger partial charge >= 0.3 is 0 Å². The number of likely N-dealkylation sites (tertiary alicyclic amines) is 2. The van der Waals surface area contributed by atoms with Crippen molar-refractivity contribution in [1.29, 1.82) is 0 Å². The van der Waals surface area contributed by atoms with Crippen LogP contribution < -0.4 is 10.1 Å². The average molecular weight is 418 g/mol. The van der Waals surface area contributed by atoms with Crippen LogP contribution in [0.5, 0.6) is 11.5 Å². The van der Waals surface area contributed by atoms with E-state index in [1.807, 2.05) is 12.1 Å². The quantitative estimate of drug-likeness (QED) is 0.646. The van der Waals surface area contributed by atoms with Gasteiger partial charge in [0.15, 0.2) is 0 Å². The molecule has 1 aromatic carbocycles. The predicted molar refractivity (Wildman–Crippen MR) is 120 cm³/mol. The molecule has 2 N–H and O–H groups in total. The van der Waals surface area contributed by atoms with Gasteiger partial charge in [0.1, 0.15) is 11.5 Å². The minimum absolute atomic E-state index is 0.205. The Morgan fingerprint density at radius 3 is 2.67 bits per heavy atom. The monoisotopic (exact) mass is 417 g/mol. The molecule has 1 amide bonds. The van der Waals surface area contributed by atoms with Crippen LogP contribution in [0.15, 0.2) is 18.2 Å². The average Bonchev–Trinajstić information content (AvgIpc) is 2.76. The highest BCUT2D eigenvalue weighted by Crippen LogP contribution is 2.31. The van der Waals surface area contributed by atoms with Crippen molar-refractivity contribution in [2.45, 2.75) is 52.0 Å². The first kappa shape index (κ1) is 22.9. The number of ether oxygens (including phenoxy) is 1. The molecule has 2 atom stereocenters. The third-order valence-corrected chi connectivity index (χ3v) is 6.83. The van der Waals surface area contributed by atoms with Crippen LogP contribution in [0.25, 0.3) is 0 Å². The number of amides is 1. The Hall–Kier alpha value is -1.79. The summed E-state index contributed by atoms with van der Waals surface area (Å²) in [5.74, 6) is 2.14. The zero-order chi connectivity index (χ0) is 21.3. The summed E-state index contributed by atoms with van der Waals surface area (Å²) in [5, 5.41) is 13.4. The van der Waals surface area contributed by atoms with E-state index in [0.29, 0.717) is 24.0 Å². The Bertz CT molecular complexity index is 676. The minimum atomic E-state index is 0.205. The van der Waals surface area contributed by atoms with Crippen molar-refractivity contribution in [3.05, 3.63) is 23.8 Å². The van der Waals surface area contributed by atoms with Crippen LogP contribution >= 0.6 is 0 Å². The van der Waals surface area contributed by atoms with Gasteiger partial charge in [0.05, 0.1) is 7.11 Å². The molecule has 0 bridgehead atoms. The smallest absolute Gasteiger partial charge is 0.220 e. The largest absolute Gasteiger partial charge is 0.507 e. The first-order valence-corrected chi connectivity index (χ1v) is 11.7. The predicted octanol–water partition coefficient (Wildman–Crippen LogP) is 3.24. The molecule has 0 aliphatic carbocycles. The fourth-order valence-corrected chi connectivity index (χ4v) is 4.92. The van der Waals surface area contributed by atoms with Crippen molar-refractivity contribution >= 4 is 5.91 Å². The van der Waals surface area contributed by atoms with Gasteiger partial charge in [-0.2, -0.15) is 0 Å². The number of nitrogens with one attached hydrogen (secondary N) is 1. The van der Waals surface area contributed by atoms with Crippen molar-refractivity contribution in [3.8, 4) is 11.5 Å². The fourth-order valence-electron chi connectivity index (χ4n) is 4.92. The lowest BCUT2D eigenvalue weighted by molar-refractivity contribution is -0.123. The number of carbonyl (C=O) groups is 1. The van der Waals surface area contributed by atoms with Gasteiger partial charge in [-0.1, -0.05) is 25.8 Å². The SMILES string of the molecule is CCC1CN(Cc2ccc(OC)cc2O)CCC1CC(=O)NCCN1CCCCC1. The second-order valence-electron chi connectivity index (χ2n) is 8.90. The van der Waals surface area contributed by atoms with Crippen molar-refractivity contribution in [1.82, 2.24) is 15.1 Å². The van der Waals surface area contributed by atoms with Gasteiger partial charge < -0.3 is 20.1 Å². The van der Waals surface area contributed by atoms with E-state index in [2.05, 4.69) is 22.0 Å². The minimum Gasteiger partial charge on any atom is -0.507 e. The molecule has 2 aliphatic rings. The molecule has 30 heavy (non-hydrogen) atoms. The van der Waals surface area contributed by atoms with Crippen LogP contribution in [0.3, 0.4) is 0 Å². The molecule has 1 aromatic rings. The zero-order valence-electron chi connectivity index (χ0n) is 18.7. The maximum Gasteiger partial charge on any atom is 0.220 e. The van der Waals surface area contributed by atoms with E-state index in [9.17, 15) is 9.90 Å². The van der Waals surface area contributed by atoms with Crippen LogP contribution in [-0.4, -0.2) is 67.2 Å². The van der Waals surface area contributed by atoms with E-state index in [4.69, 9.17) is 4.74 Å². The van der Waals surface area contributed by atoms with Crippen LogP contribution in [-0.2, 0) is 11.3 Å². The highest BCUT2D eigenvalue weighted by atomic mass is 16.5. The fraction of sp³-hybridized carbons (Fsp3) is 0.708. The van der Waals surface area contributed by atoms with Gasteiger partial charge in [-0.15, -0.1) is 0 Å². The number of rotatable bonds is 9. The molecule has 0 spiro atoms. The third-order valence-electron chi connectivity index (χ3n) is 6.83. The Kier molecular flexibility index (Phi) is 8.82. The first-order valence-electron chi connectivity index (χ1n) is 11.7. The van der Waals surface area contributed by atoms with Crippen LogP contribution in [0.2, 0.25) is 0 Å². The van der Waals surface area contributed by atoms with Gasteiger partial charge in [0.2, 0.25) is 5.91 Å². The number of nitrogens with zero attached hydrogens (tertiary/aromatic N) is 2. The van der Waals surface area contributed by atoms with Gasteiger partial charge in [-0.3, -0.25) is 9.69 Å². The van der Waals surface area contributed by atoms with Crippen LogP contribution in [0.1, 0.15) is 51.0 Å². The summed E-state index contributed by atoms with van der Waals surface area (Å²) in [6.07, 6.45) is 6.68. The van der Waals surface area contributed by atoms with E-state index in [-0.39, 0.29) is 11.7 Å². The summed E-state index contributed by atoms with van der Waals surface area (Å²) in [6, 6.07) is 5.51. The third kappa shape index (κ3) is 6.61. The van der Waals surface area contributed by atoms with Crippen LogP contribution in [0, 0.1) is 11.8 Å². The van der Waals surface area contributed by atoms with E-state index in [0.717, 1.165) is 51.1 Å². The Morgan fingerprint density at radius 2 is 1.97 bits per heavy atom. The van der Waals surface area contributed by atoms with Gasteiger partial charge in [-0.05, 0) is 56.8 Å². The lowest BCUT2D eigenvalue weighted by atomic mass is 9.81. The van der Waals surface area contributed by atoms with Crippen LogP contribution in [0.4, 0.5) is 0 Å². The Labute approximate surface area is 181 Å². The number of aromatic hydroxyl groups is 1. The number of carbonyl (C=O) groups excluding carboxylic acids is 1. The second kappa shape index (κ2) is 11.6. The number of benzene rings is 1. The molecule has 3 rings (SSSR count). The molecular weight excluding hydrogens is 378 g/mol. The Balaban J connectivity index is 1.42. The summed E-state index contributed by atoms with van der Waals surface area (Å²) < 4.78 is 5.17. The molecule has 2 heterocycles. The summed E-state index contributed by atoms with van der Waals surface area (Å²) in [4.78, 5) is 17.4. The summed E-state index contributed by atoms with van der Waals surface area (Å²) in [5.41, 5.74) is 0.930. The molecular formula is C24H39N3O3. The van der Waals surface area contributed by atoms with E-state index in [1.165, 1.54) is 32.4 Å². The number of hydrogen-bond donors (Lipinski definition) is 2. The highest BCUT2D eigenvalue weighted by molar-refractivity contribution is 5.76. The molecule has 0 saturated carbocycles. The highest BCUT2D eigenvalue weighted by Gasteiger charge is 2.30.